The molecule has 184 valence electrons. The van der Waals surface area contributed by atoms with Crippen molar-refractivity contribution in [2.24, 2.45) is 0 Å². The van der Waals surface area contributed by atoms with Crippen molar-refractivity contribution in [1.29, 1.82) is 0 Å². The van der Waals surface area contributed by atoms with Crippen molar-refractivity contribution in [1.82, 2.24) is 5.32 Å². The Morgan fingerprint density at radius 2 is 1.74 bits per heavy atom. The Hall–Kier alpha value is -1.62. The number of halogens is 3. The van der Waals surface area contributed by atoms with Gasteiger partial charge in [0, 0.05) is 5.56 Å². The van der Waals surface area contributed by atoms with Crippen LogP contribution in [0.5, 0.6) is 0 Å². The lowest BCUT2D eigenvalue weighted by Gasteiger charge is -2.47. The number of aliphatic hydroxyl groups is 1. The molecule has 2 aromatic rings. The summed E-state index contributed by atoms with van der Waals surface area (Å²) in [5, 5.41) is 13.7. The molecule has 1 amide bonds. The number of alkyl halides is 3. The van der Waals surface area contributed by atoms with Gasteiger partial charge in [0.25, 0.3) is 0 Å². The fourth-order valence-electron chi connectivity index (χ4n) is 3.75. The molecule has 0 aliphatic carbocycles. The van der Waals surface area contributed by atoms with Gasteiger partial charge in [-0.3, -0.25) is 0 Å². The summed E-state index contributed by atoms with van der Waals surface area (Å²) in [7, 11) is 0. The second kappa shape index (κ2) is 11.4. The molecule has 0 radical (unpaired) electrons. The summed E-state index contributed by atoms with van der Waals surface area (Å²) in [6, 6.07) is 17.7. The Morgan fingerprint density at radius 1 is 1.06 bits per heavy atom. The number of hydrogen-bond donors (Lipinski definition) is 2. The zero-order valence-corrected chi connectivity index (χ0v) is 20.2. The van der Waals surface area contributed by atoms with Gasteiger partial charge in [-0.05, 0) is 5.56 Å². The van der Waals surface area contributed by atoms with E-state index in [-0.39, 0.29) is 13.2 Å². The molecule has 2 aromatic carbocycles. The van der Waals surface area contributed by atoms with Gasteiger partial charge in [0.05, 0.1) is 13.2 Å². The van der Waals surface area contributed by atoms with E-state index in [1.807, 2.05) is 60.7 Å². The van der Waals surface area contributed by atoms with Crippen LogP contribution in [0, 0.1) is 0 Å². The first-order chi connectivity index (χ1) is 16.3. The Morgan fingerprint density at radius 3 is 2.41 bits per heavy atom. The van der Waals surface area contributed by atoms with Crippen molar-refractivity contribution >= 4 is 40.9 Å². The smallest absolute Gasteiger partial charge is 0.407 e. The molecule has 34 heavy (non-hydrogen) atoms. The number of ether oxygens (including phenoxy) is 5. The van der Waals surface area contributed by atoms with Crippen LogP contribution in [0.1, 0.15) is 17.4 Å². The maximum absolute atomic E-state index is 12.4. The van der Waals surface area contributed by atoms with Gasteiger partial charge in [0.1, 0.15) is 31.0 Å². The minimum Gasteiger partial charge on any atom is -0.445 e. The molecule has 4 rings (SSSR count). The van der Waals surface area contributed by atoms with Crippen LogP contribution in [-0.4, -0.2) is 58.8 Å². The topological polar surface area (TPSA) is 95.5 Å². The molecule has 2 fully saturated rings. The molecule has 8 nitrogen and oxygen atoms in total. The number of nitrogens with one attached hydrogen (secondary N) is 1. The van der Waals surface area contributed by atoms with Gasteiger partial charge in [0.2, 0.25) is 3.79 Å². The Labute approximate surface area is 211 Å². The van der Waals surface area contributed by atoms with Crippen LogP contribution in [0.15, 0.2) is 60.7 Å². The molecule has 0 aromatic heterocycles. The number of amides is 1. The van der Waals surface area contributed by atoms with Crippen molar-refractivity contribution < 1.29 is 33.6 Å². The molecule has 0 spiro atoms. The average molecular weight is 533 g/mol. The van der Waals surface area contributed by atoms with E-state index in [1.165, 1.54) is 0 Å². The summed E-state index contributed by atoms with van der Waals surface area (Å²) in [6.07, 6.45) is -5.23. The average Bonchev–Trinajstić information content (AvgIpc) is 2.84. The van der Waals surface area contributed by atoms with Gasteiger partial charge in [0.15, 0.2) is 12.6 Å². The SMILES string of the molecule is O=C(N[C@H]1[C@@H](OCc2ccccc2)O[C@@H]2CO[C@H](c3ccccc3)O[C@H]2[C@@H]1O)OCC(Cl)(Cl)Cl. The molecule has 6 atom stereocenters. The van der Waals surface area contributed by atoms with Crippen molar-refractivity contribution in [3.63, 3.8) is 0 Å². The normalized spacial score (nSPS) is 29.2. The fourth-order valence-corrected chi connectivity index (χ4v) is 3.91. The lowest BCUT2D eigenvalue weighted by Crippen LogP contribution is -2.66. The van der Waals surface area contributed by atoms with Crippen molar-refractivity contribution in [3.05, 3.63) is 71.8 Å². The number of hydrogen-bond acceptors (Lipinski definition) is 7. The van der Waals surface area contributed by atoms with Gasteiger partial charge in [-0.1, -0.05) is 95.5 Å². The van der Waals surface area contributed by atoms with Crippen molar-refractivity contribution in [3.8, 4) is 0 Å². The molecular weight excluding hydrogens is 509 g/mol. The summed E-state index contributed by atoms with van der Waals surface area (Å²) in [5.74, 6) is 0. The van der Waals surface area contributed by atoms with Crippen molar-refractivity contribution in [2.45, 2.75) is 47.3 Å². The third-order valence-electron chi connectivity index (χ3n) is 5.35. The quantitative estimate of drug-likeness (QED) is 0.545. The van der Waals surface area contributed by atoms with E-state index in [1.54, 1.807) is 0 Å². The Bertz CT molecular complexity index is 931. The highest BCUT2D eigenvalue weighted by atomic mass is 35.6. The monoisotopic (exact) mass is 531 g/mol. The zero-order valence-electron chi connectivity index (χ0n) is 17.9. The van der Waals surface area contributed by atoms with Crippen LogP contribution in [0.4, 0.5) is 4.79 Å². The molecule has 11 heteroatoms. The number of rotatable bonds is 6. The standard InChI is InChI=1S/C23H24Cl3NO7/c24-23(25,26)13-32-22(29)27-17-18(28)19-16(12-31-20(34-19)15-9-5-2-6-10-15)33-21(17)30-11-14-7-3-1-4-8-14/h1-10,16-21,28H,11-13H2,(H,27,29)/t16-,17-,18-,19-,20+,21+/m1/s1. The number of carbonyl (C=O) groups is 1. The minimum absolute atomic E-state index is 0.164. The van der Waals surface area contributed by atoms with Crippen LogP contribution in [0.3, 0.4) is 0 Å². The summed E-state index contributed by atoms with van der Waals surface area (Å²) in [4.78, 5) is 12.4. The lowest BCUT2D eigenvalue weighted by atomic mass is 9.96. The third-order valence-corrected chi connectivity index (χ3v) is 5.67. The van der Waals surface area contributed by atoms with E-state index in [9.17, 15) is 9.90 Å². The molecule has 2 heterocycles. The van der Waals surface area contributed by atoms with Crippen LogP contribution in [-0.2, 0) is 30.3 Å². The van der Waals surface area contributed by atoms with E-state index >= 15 is 0 Å². The number of fused-ring (bicyclic) bond motifs is 1. The first kappa shape index (κ1) is 25.5. The van der Waals surface area contributed by atoms with Crippen LogP contribution in [0.25, 0.3) is 0 Å². The van der Waals surface area contributed by atoms with Gasteiger partial charge in [-0.15, -0.1) is 0 Å². The Kier molecular flexibility index (Phi) is 8.55. The molecule has 2 aliphatic heterocycles. The maximum atomic E-state index is 12.4. The van der Waals surface area contributed by atoms with Gasteiger partial charge in [-0.25, -0.2) is 4.79 Å². The molecule has 2 saturated heterocycles. The summed E-state index contributed by atoms with van der Waals surface area (Å²) in [6.45, 7) is -0.128. The third kappa shape index (κ3) is 6.74. The minimum atomic E-state index is -1.78. The molecular formula is C23H24Cl3NO7. The summed E-state index contributed by atoms with van der Waals surface area (Å²) in [5.41, 5.74) is 1.68. The van der Waals surface area contributed by atoms with Crippen LogP contribution >= 0.6 is 34.8 Å². The van der Waals surface area contributed by atoms with Gasteiger partial charge in [-0.2, -0.15) is 0 Å². The predicted molar refractivity (Wildman–Crippen MR) is 124 cm³/mol. The second-order valence-electron chi connectivity index (χ2n) is 7.87. The number of carbonyl (C=O) groups excluding carboxylic acids is 1. The molecule has 0 bridgehead atoms. The molecule has 2 N–H and O–H groups in total. The largest absolute Gasteiger partial charge is 0.445 e. The van der Waals surface area contributed by atoms with Crippen LogP contribution < -0.4 is 5.32 Å². The van der Waals surface area contributed by atoms with Crippen LogP contribution in [0.2, 0.25) is 0 Å². The first-order valence-electron chi connectivity index (χ1n) is 10.6. The molecule has 0 saturated carbocycles. The van der Waals surface area contributed by atoms with Gasteiger partial charge >= 0.3 is 6.09 Å². The molecule has 0 unspecified atom stereocenters. The molecule has 2 aliphatic rings. The lowest BCUT2D eigenvalue weighted by molar-refractivity contribution is -0.345. The fraction of sp³-hybridized carbons (Fsp3) is 0.435. The van der Waals surface area contributed by atoms with Gasteiger partial charge < -0.3 is 34.1 Å². The number of alkyl carbamates (subject to hydrolysis) is 1. The highest BCUT2D eigenvalue weighted by molar-refractivity contribution is 6.67. The highest BCUT2D eigenvalue weighted by Crippen LogP contribution is 2.34. The highest BCUT2D eigenvalue weighted by Gasteiger charge is 2.50. The summed E-state index contributed by atoms with van der Waals surface area (Å²) < 4.78 is 27.0. The van der Waals surface area contributed by atoms with Crippen molar-refractivity contribution in [2.75, 3.05) is 13.2 Å². The van der Waals surface area contributed by atoms with E-state index in [4.69, 9.17) is 58.5 Å². The first-order valence-corrected chi connectivity index (χ1v) is 11.7. The van der Waals surface area contributed by atoms with E-state index in [0.717, 1.165) is 11.1 Å². The predicted octanol–water partition coefficient (Wildman–Crippen LogP) is 3.87. The second-order valence-corrected chi connectivity index (χ2v) is 10.4. The maximum Gasteiger partial charge on any atom is 0.407 e. The number of benzene rings is 2. The number of aliphatic hydroxyl groups excluding tert-OH is 1. The van der Waals surface area contributed by atoms with E-state index in [0.29, 0.717) is 0 Å². The van der Waals surface area contributed by atoms with E-state index < -0.39 is 53.4 Å². The van der Waals surface area contributed by atoms with E-state index in [2.05, 4.69) is 5.32 Å². The zero-order chi connectivity index (χ0) is 24.1. The Balaban J connectivity index is 1.47. The summed E-state index contributed by atoms with van der Waals surface area (Å²) >= 11 is 17.0.